The number of nitrogens with zero attached hydrogens (tertiary/aromatic N) is 3. The van der Waals surface area contributed by atoms with Gasteiger partial charge < -0.3 is 10.1 Å². The highest BCUT2D eigenvalue weighted by Crippen LogP contribution is 2.39. The third-order valence-electron chi connectivity index (χ3n) is 3.67. The minimum absolute atomic E-state index is 0.149. The molecule has 0 fully saturated rings. The van der Waals surface area contributed by atoms with Gasteiger partial charge in [0, 0.05) is 21.7 Å². The molecule has 0 radical (unpaired) electrons. The summed E-state index contributed by atoms with van der Waals surface area (Å²) in [6.45, 7) is 2.05. The molecule has 0 spiro atoms. The Morgan fingerprint density at radius 3 is 2.85 bits per heavy atom. The minimum atomic E-state index is -0.519. The maximum Gasteiger partial charge on any atom is 0.336 e. The van der Waals surface area contributed by atoms with E-state index >= 15 is 0 Å². The summed E-state index contributed by atoms with van der Waals surface area (Å²) in [6, 6.07) is 12.7. The molecule has 7 nitrogen and oxygen atoms in total. The second-order valence-corrected chi connectivity index (χ2v) is 6.21. The third kappa shape index (κ3) is 3.30. The van der Waals surface area contributed by atoms with Gasteiger partial charge in [-0.05, 0) is 37.3 Å². The van der Waals surface area contributed by atoms with Crippen LogP contribution >= 0.6 is 15.9 Å². The van der Waals surface area contributed by atoms with Crippen LogP contribution in [0.5, 0.6) is 5.75 Å². The molecule has 0 unspecified atom stereocenters. The number of ether oxygens (including phenoxy) is 1. The van der Waals surface area contributed by atoms with Gasteiger partial charge in [-0.3, -0.25) is 10.1 Å². The van der Waals surface area contributed by atoms with Gasteiger partial charge in [0.15, 0.2) is 11.3 Å². The number of halogens is 1. The summed E-state index contributed by atoms with van der Waals surface area (Å²) in [5, 5.41) is 24.6. The van der Waals surface area contributed by atoms with Crippen LogP contribution in [0.15, 0.2) is 47.1 Å². The molecule has 0 saturated heterocycles. The molecule has 0 aliphatic rings. The Balaban J connectivity index is 2.25. The zero-order valence-electron chi connectivity index (χ0n) is 13.7. The maximum absolute atomic E-state index is 11.6. The molecule has 0 saturated carbocycles. The van der Waals surface area contributed by atoms with Crippen LogP contribution in [0.1, 0.15) is 12.5 Å². The summed E-state index contributed by atoms with van der Waals surface area (Å²) >= 11 is 3.40. The van der Waals surface area contributed by atoms with Crippen molar-refractivity contribution in [2.45, 2.75) is 6.92 Å². The van der Waals surface area contributed by atoms with Gasteiger partial charge in [0.25, 0.3) is 0 Å². The highest BCUT2D eigenvalue weighted by molar-refractivity contribution is 9.10. The van der Waals surface area contributed by atoms with E-state index in [2.05, 4.69) is 32.3 Å². The second-order valence-electron chi connectivity index (χ2n) is 5.29. The Bertz CT molecular complexity index is 1050. The number of nitrogens with one attached hydrogen (secondary N) is 1. The van der Waals surface area contributed by atoms with Gasteiger partial charge in [-0.2, -0.15) is 5.26 Å². The average molecular weight is 413 g/mol. The number of rotatable bonds is 5. The fourth-order valence-corrected chi connectivity index (χ4v) is 3.01. The van der Waals surface area contributed by atoms with Crippen molar-refractivity contribution in [2.75, 3.05) is 11.9 Å². The smallest absolute Gasteiger partial charge is 0.336 e. The van der Waals surface area contributed by atoms with Gasteiger partial charge in [-0.25, -0.2) is 4.98 Å². The largest absolute Gasteiger partial charge is 0.487 e. The summed E-state index contributed by atoms with van der Waals surface area (Å²) in [5.41, 5.74) is 1.43. The Labute approximate surface area is 157 Å². The first-order valence-electron chi connectivity index (χ1n) is 7.70. The first-order valence-corrected chi connectivity index (χ1v) is 8.50. The molecular weight excluding hydrogens is 400 g/mol. The van der Waals surface area contributed by atoms with Crippen molar-refractivity contribution in [2.24, 2.45) is 0 Å². The van der Waals surface area contributed by atoms with Crippen molar-refractivity contribution in [3.63, 3.8) is 0 Å². The van der Waals surface area contributed by atoms with E-state index < -0.39 is 4.92 Å². The normalized spacial score (nSPS) is 10.3. The van der Waals surface area contributed by atoms with Crippen LogP contribution in [0, 0.1) is 21.4 Å². The van der Waals surface area contributed by atoms with E-state index in [0.29, 0.717) is 17.7 Å². The van der Waals surface area contributed by atoms with Gasteiger partial charge in [-0.1, -0.05) is 22.0 Å². The van der Waals surface area contributed by atoms with Crippen LogP contribution in [0.2, 0.25) is 0 Å². The summed E-state index contributed by atoms with van der Waals surface area (Å²) < 4.78 is 6.23. The minimum Gasteiger partial charge on any atom is -0.487 e. The summed E-state index contributed by atoms with van der Waals surface area (Å²) in [7, 11) is 0. The lowest BCUT2D eigenvalue weighted by Gasteiger charge is -2.13. The van der Waals surface area contributed by atoms with Crippen molar-refractivity contribution >= 4 is 43.9 Å². The quantitative estimate of drug-likeness (QED) is 0.471. The van der Waals surface area contributed by atoms with E-state index in [-0.39, 0.29) is 22.5 Å². The van der Waals surface area contributed by atoms with E-state index in [4.69, 9.17) is 4.74 Å². The molecule has 1 heterocycles. The lowest BCUT2D eigenvalue weighted by Crippen LogP contribution is -2.02. The van der Waals surface area contributed by atoms with Gasteiger partial charge in [0.1, 0.15) is 6.07 Å². The number of fused-ring (bicyclic) bond motifs is 1. The number of benzene rings is 2. The number of pyridine rings is 1. The fourth-order valence-electron chi connectivity index (χ4n) is 2.61. The Morgan fingerprint density at radius 1 is 1.38 bits per heavy atom. The van der Waals surface area contributed by atoms with Crippen LogP contribution in [-0.2, 0) is 0 Å². The molecule has 0 bridgehead atoms. The predicted octanol–water partition coefficient (Wildman–Crippen LogP) is 4.92. The summed E-state index contributed by atoms with van der Waals surface area (Å²) in [4.78, 5) is 15.2. The van der Waals surface area contributed by atoms with Crippen LogP contribution in [0.4, 0.5) is 17.1 Å². The van der Waals surface area contributed by atoms with Gasteiger partial charge >= 0.3 is 5.69 Å². The molecular formula is C18H13BrN4O3. The van der Waals surface area contributed by atoms with Crippen LogP contribution < -0.4 is 10.1 Å². The third-order valence-corrected chi connectivity index (χ3v) is 4.17. The number of anilines is 2. The molecule has 8 heteroatoms. The number of nitro benzene ring substituents is 1. The average Bonchev–Trinajstić information content (AvgIpc) is 2.61. The molecule has 2 aromatic carbocycles. The van der Waals surface area contributed by atoms with Crippen molar-refractivity contribution in [1.29, 1.82) is 5.26 Å². The molecule has 0 atom stereocenters. The van der Waals surface area contributed by atoms with Gasteiger partial charge in [0.2, 0.25) is 0 Å². The van der Waals surface area contributed by atoms with Gasteiger partial charge in [-0.15, -0.1) is 0 Å². The van der Waals surface area contributed by atoms with Crippen LogP contribution in [0.25, 0.3) is 10.9 Å². The highest BCUT2D eigenvalue weighted by Gasteiger charge is 2.23. The highest BCUT2D eigenvalue weighted by atomic mass is 79.9. The molecule has 0 aliphatic carbocycles. The first-order chi connectivity index (χ1) is 12.5. The summed E-state index contributed by atoms with van der Waals surface area (Å²) in [5.74, 6) is 0.149. The SMILES string of the molecule is CCOc1ccc2c(Nc3cccc(Br)c3)c(C#N)cnc2c1[N+](=O)[O-]. The summed E-state index contributed by atoms with van der Waals surface area (Å²) in [6.07, 6.45) is 1.32. The molecule has 26 heavy (non-hydrogen) atoms. The van der Waals surface area contributed by atoms with Crippen molar-refractivity contribution < 1.29 is 9.66 Å². The monoisotopic (exact) mass is 412 g/mol. The van der Waals surface area contributed by atoms with Crippen LogP contribution in [0.3, 0.4) is 0 Å². The Hall–Kier alpha value is -3.18. The molecule has 130 valence electrons. The zero-order chi connectivity index (χ0) is 18.7. The first kappa shape index (κ1) is 17.6. The van der Waals surface area contributed by atoms with E-state index in [1.165, 1.54) is 12.3 Å². The molecule has 0 aliphatic heterocycles. The lowest BCUT2D eigenvalue weighted by molar-refractivity contribution is -0.384. The number of nitro groups is 1. The molecule has 1 aromatic heterocycles. The van der Waals surface area contributed by atoms with E-state index in [1.54, 1.807) is 13.0 Å². The Kier molecular flexibility index (Phi) is 5.00. The van der Waals surface area contributed by atoms with E-state index in [9.17, 15) is 15.4 Å². The van der Waals surface area contributed by atoms with E-state index in [0.717, 1.165) is 10.2 Å². The fraction of sp³-hybridized carbons (Fsp3) is 0.111. The maximum atomic E-state index is 11.6. The lowest BCUT2D eigenvalue weighted by atomic mass is 10.1. The number of hydrogen-bond acceptors (Lipinski definition) is 6. The number of hydrogen-bond donors (Lipinski definition) is 1. The molecule has 3 aromatic rings. The number of nitriles is 1. The van der Waals surface area contributed by atoms with Crippen molar-refractivity contribution in [3.8, 4) is 11.8 Å². The molecule has 1 N–H and O–H groups in total. The van der Waals surface area contributed by atoms with Crippen molar-refractivity contribution in [1.82, 2.24) is 4.98 Å². The van der Waals surface area contributed by atoms with Gasteiger partial charge in [0.05, 0.1) is 22.8 Å². The standard InChI is InChI=1S/C18H13BrN4O3/c1-2-26-15-7-6-14-16(22-13-5-3-4-12(19)8-13)11(9-20)10-21-17(14)18(15)23(24)25/h3-8,10H,2H2,1H3,(H,21,22). The molecule has 3 rings (SSSR count). The second kappa shape index (κ2) is 7.37. The zero-order valence-corrected chi connectivity index (χ0v) is 15.3. The topological polar surface area (TPSA) is 101 Å². The number of aromatic nitrogens is 1. The predicted molar refractivity (Wildman–Crippen MR) is 102 cm³/mol. The Morgan fingerprint density at radius 2 is 2.19 bits per heavy atom. The molecule has 0 amide bonds. The van der Waals surface area contributed by atoms with E-state index in [1.807, 2.05) is 24.3 Å². The van der Waals surface area contributed by atoms with Crippen molar-refractivity contribution in [3.05, 3.63) is 62.7 Å². The van der Waals surface area contributed by atoms with Crippen LogP contribution in [-0.4, -0.2) is 16.5 Å².